The smallest absolute Gasteiger partial charge is 0.269 e. The lowest BCUT2D eigenvalue weighted by Gasteiger charge is -2.20. The molecule has 0 aromatic heterocycles. The van der Waals surface area contributed by atoms with Gasteiger partial charge in [0.25, 0.3) is 5.69 Å². The van der Waals surface area contributed by atoms with Crippen molar-refractivity contribution in [2.24, 2.45) is 0 Å². The van der Waals surface area contributed by atoms with Crippen LogP contribution in [0.25, 0.3) is 0 Å². The van der Waals surface area contributed by atoms with Crippen LogP contribution >= 0.6 is 0 Å². The second-order valence-corrected chi connectivity index (χ2v) is 4.87. The molecule has 22 heavy (non-hydrogen) atoms. The number of nitro benzene ring substituents is 1. The third kappa shape index (κ3) is 3.36. The number of aldehydes is 1. The normalized spacial score (nSPS) is 12.9. The molecule has 2 rings (SSSR count). The van der Waals surface area contributed by atoms with Gasteiger partial charge in [0.15, 0.2) is 0 Å². The molecule has 5 nitrogen and oxygen atoms in total. The maximum Gasteiger partial charge on any atom is 0.269 e. The van der Waals surface area contributed by atoms with Gasteiger partial charge < -0.3 is 4.79 Å². The summed E-state index contributed by atoms with van der Waals surface area (Å²) in [6.45, 7) is 0. The summed E-state index contributed by atoms with van der Waals surface area (Å²) in [5.74, 6) is -0.807. The fraction of sp³-hybridized carbons (Fsp3) is 0.176. The van der Waals surface area contributed by atoms with Crippen molar-refractivity contribution in [2.75, 3.05) is 0 Å². The maximum atomic E-state index is 11.0. The Balaban J connectivity index is 2.37. The lowest BCUT2D eigenvalue weighted by molar-refractivity contribution is -0.384. The van der Waals surface area contributed by atoms with Crippen molar-refractivity contribution in [3.05, 3.63) is 75.8 Å². The Hall–Kier alpha value is -3.00. The van der Waals surface area contributed by atoms with E-state index in [1.54, 1.807) is 12.1 Å². The lowest BCUT2D eigenvalue weighted by Crippen LogP contribution is -2.11. The Morgan fingerprint density at radius 2 is 1.73 bits per heavy atom. The van der Waals surface area contributed by atoms with Gasteiger partial charge in [-0.05, 0) is 11.1 Å². The third-order valence-electron chi connectivity index (χ3n) is 3.58. The summed E-state index contributed by atoms with van der Waals surface area (Å²) in [6, 6.07) is 17.5. The molecular weight excluding hydrogens is 280 g/mol. The molecule has 0 aliphatic heterocycles. The second-order valence-electron chi connectivity index (χ2n) is 4.87. The van der Waals surface area contributed by atoms with E-state index in [-0.39, 0.29) is 18.0 Å². The molecule has 2 aromatic rings. The third-order valence-corrected chi connectivity index (χ3v) is 3.58. The van der Waals surface area contributed by atoms with Crippen LogP contribution in [0.5, 0.6) is 0 Å². The van der Waals surface area contributed by atoms with Crippen molar-refractivity contribution in [3.8, 4) is 6.07 Å². The molecule has 0 aliphatic rings. The lowest BCUT2D eigenvalue weighted by atomic mass is 9.80. The Bertz CT molecular complexity index is 690. The Kier molecular flexibility index (Phi) is 4.99. The average molecular weight is 294 g/mol. The fourth-order valence-corrected chi connectivity index (χ4v) is 2.47. The number of non-ortho nitro benzene ring substituents is 1. The van der Waals surface area contributed by atoms with Crippen molar-refractivity contribution in [1.82, 2.24) is 0 Å². The van der Waals surface area contributed by atoms with Crippen molar-refractivity contribution in [2.45, 2.75) is 18.3 Å². The van der Waals surface area contributed by atoms with E-state index in [0.29, 0.717) is 5.56 Å². The van der Waals surface area contributed by atoms with Crippen LogP contribution in [0, 0.1) is 21.4 Å². The second kappa shape index (κ2) is 7.14. The first-order chi connectivity index (χ1) is 10.7. The van der Waals surface area contributed by atoms with Crippen molar-refractivity contribution >= 4 is 12.0 Å². The van der Waals surface area contributed by atoms with Crippen molar-refractivity contribution in [3.63, 3.8) is 0 Å². The molecule has 0 spiro atoms. The first-order valence-electron chi connectivity index (χ1n) is 6.80. The maximum absolute atomic E-state index is 11.0. The summed E-state index contributed by atoms with van der Waals surface area (Å²) in [6.07, 6.45) is 1.02. The molecule has 0 radical (unpaired) electrons. The zero-order valence-electron chi connectivity index (χ0n) is 11.8. The summed E-state index contributed by atoms with van der Waals surface area (Å²) in [4.78, 5) is 21.2. The summed E-state index contributed by atoms with van der Waals surface area (Å²) < 4.78 is 0. The van der Waals surface area contributed by atoms with Crippen LogP contribution in [0.2, 0.25) is 0 Å². The molecule has 5 heteroatoms. The average Bonchev–Trinajstić information content (AvgIpc) is 2.56. The summed E-state index contributed by atoms with van der Waals surface area (Å²) in [5, 5.41) is 20.2. The van der Waals surface area contributed by atoms with E-state index in [4.69, 9.17) is 0 Å². The Labute approximate surface area is 128 Å². The number of nitro groups is 1. The van der Waals surface area contributed by atoms with Gasteiger partial charge in [-0.15, -0.1) is 0 Å². The predicted octanol–water partition coefficient (Wildman–Crippen LogP) is 3.57. The van der Waals surface area contributed by atoms with Crippen LogP contribution in [0.15, 0.2) is 54.6 Å². The molecule has 0 fully saturated rings. The van der Waals surface area contributed by atoms with Gasteiger partial charge in [0.05, 0.1) is 16.9 Å². The molecule has 0 saturated carbocycles. The monoisotopic (exact) mass is 294 g/mol. The van der Waals surface area contributed by atoms with Gasteiger partial charge in [-0.25, -0.2) is 0 Å². The molecule has 2 atom stereocenters. The number of nitrogens with zero attached hydrogens (tertiary/aromatic N) is 2. The molecule has 0 aliphatic carbocycles. The molecule has 110 valence electrons. The summed E-state index contributed by atoms with van der Waals surface area (Å²) >= 11 is 0. The van der Waals surface area contributed by atoms with Crippen LogP contribution in [0.4, 0.5) is 5.69 Å². The highest BCUT2D eigenvalue weighted by Crippen LogP contribution is 2.35. The van der Waals surface area contributed by atoms with Gasteiger partial charge in [-0.1, -0.05) is 42.5 Å². The first-order valence-corrected chi connectivity index (χ1v) is 6.80. The quantitative estimate of drug-likeness (QED) is 0.463. The number of carbonyl (C=O) groups excluding carboxylic acids is 1. The molecular formula is C17H14N2O3. The zero-order valence-corrected chi connectivity index (χ0v) is 11.8. The van der Waals surface area contributed by atoms with Crippen molar-refractivity contribution < 1.29 is 9.72 Å². The highest BCUT2D eigenvalue weighted by molar-refractivity contribution is 5.53. The molecule has 0 unspecified atom stereocenters. The number of hydrogen-bond acceptors (Lipinski definition) is 4. The van der Waals surface area contributed by atoms with E-state index in [1.165, 1.54) is 12.1 Å². The molecule has 2 aromatic carbocycles. The van der Waals surface area contributed by atoms with E-state index in [1.807, 2.05) is 30.3 Å². The largest absolute Gasteiger partial charge is 0.303 e. The van der Waals surface area contributed by atoms with Gasteiger partial charge in [-0.3, -0.25) is 10.1 Å². The number of benzene rings is 2. The van der Waals surface area contributed by atoms with Crippen LogP contribution in [-0.4, -0.2) is 11.2 Å². The highest BCUT2D eigenvalue weighted by atomic mass is 16.6. The molecule has 0 N–H and O–H groups in total. The predicted molar refractivity (Wildman–Crippen MR) is 81.3 cm³/mol. The van der Waals surface area contributed by atoms with Gasteiger partial charge in [0.1, 0.15) is 6.29 Å². The Morgan fingerprint density at radius 3 is 2.23 bits per heavy atom. The molecule has 0 saturated heterocycles. The number of hydrogen-bond donors (Lipinski definition) is 0. The molecule has 0 bridgehead atoms. The van der Waals surface area contributed by atoms with E-state index < -0.39 is 10.8 Å². The number of rotatable bonds is 6. The highest BCUT2D eigenvalue weighted by Gasteiger charge is 2.25. The Morgan fingerprint density at radius 1 is 1.09 bits per heavy atom. The first kappa shape index (κ1) is 15.4. The topological polar surface area (TPSA) is 84.0 Å². The van der Waals surface area contributed by atoms with E-state index in [2.05, 4.69) is 6.07 Å². The summed E-state index contributed by atoms with van der Waals surface area (Å²) in [5.41, 5.74) is 1.55. The van der Waals surface area contributed by atoms with Crippen LogP contribution in [0.3, 0.4) is 0 Å². The van der Waals surface area contributed by atoms with Crippen LogP contribution in [-0.2, 0) is 4.79 Å². The molecule has 0 heterocycles. The van der Waals surface area contributed by atoms with E-state index >= 15 is 0 Å². The SMILES string of the molecule is N#C[C@H](c1ccc([N+](=O)[O-])cc1)[C@H](CC=O)c1ccccc1. The van der Waals surface area contributed by atoms with Gasteiger partial charge >= 0.3 is 0 Å². The standard InChI is InChI=1S/C17H14N2O3/c18-12-17(14-6-8-15(9-7-14)19(21)22)16(10-11-20)13-4-2-1-3-5-13/h1-9,11,16-17H,10H2/t16-,17-/m1/s1. The van der Waals surface area contributed by atoms with E-state index in [9.17, 15) is 20.2 Å². The minimum Gasteiger partial charge on any atom is -0.303 e. The zero-order chi connectivity index (χ0) is 15.9. The fourth-order valence-electron chi connectivity index (χ4n) is 2.47. The minimum absolute atomic E-state index is 0.0212. The van der Waals surface area contributed by atoms with Crippen LogP contribution in [0.1, 0.15) is 29.4 Å². The van der Waals surface area contributed by atoms with Crippen LogP contribution < -0.4 is 0 Å². The molecule has 0 amide bonds. The van der Waals surface area contributed by atoms with Gasteiger partial charge in [0, 0.05) is 24.5 Å². The van der Waals surface area contributed by atoms with Gasteiger partial charge in [0.2, 0.25) is 0 Å². The van der Waals surface area contributed by atoms with Crippen molar-refractivity contribution in [1.29, 1.82) is 5.26 Å². The van der Waals surface area contributed by atoms with E-state index in [0.717, 1.165) is 11.8 Å². The number of nitriles is 1. The summed E-state index contributed by atoms with van der Waals surface area (Å²) in [7, 11) is 0. The van der Waals surface area contributed by atoms with Gasteiger partial charge in [-0.2, -0.15) is 5.26 Å². The minimum atomic E-state index is -0.534. The number of carbonyl (C=O) groups is 1.